The van der Waals surface area contributed by atoms with E-state index >= 15 is 0 Å². The van der Waals surface area contributed by atoms with Crippen molar-refractivity contribution in [1.29, 1.82) is 0 Å². The van der Waals surface area contributed by atoms with Crippen LogP contribution in [0.5, 0.6) is 0 Å². The average Bonchev–Trinajstić information content (AvgIpc) is 2.14. The minimum atomic E-state index is -4.58. The molecule has 1 heterocycles. The molecule has 0 aliphatic rings. The molecule has 1 rings (SSSR count). The van der Waals surface area contributed by atoms with Crippen LogP contribution >= 0.6 is 0 Å². The molecule has 1 atom stereocenters. The molecule has 0 aromatic carbocycles. The van der Waals surface area contributed by atoms with Crippen LogP contribution in [0.15, 0.2) is 18.5 Å². The van der Waals surface area contributed by atoms with Crippen molar-refractivity contribution in [3.63, 3.8) is 0 Å². The summed E-state index contributed by atoms with van der Waals surface area (Å²) in [6.45, 7) is 2.45. The summed E-state index contributed by atoms with van der Waals surface area (Å²) in [6.07, 6.45) is -4.32. The molecule has 1 aromatic heterocycles. The van der Waals surface area contributed by atoms with Crippen molar-refractivity contribution in [3.8, 4) is 0 Å². The van der Waals surface area contributed by atoms with Gasteiger partial charge in [-0.25, -0.2) is 0 Å². The number of aliphatic hydroxyl groups is 2. The minimum Gasteiger partial charge on any atom is -0.387 e. The maximum Gasteiger partial charge on any atom is 0.416 e. The Hall–Kier alpha value is -1.14. The molecule has 0 aliphatic carbocycles. The Bertz CT molecular complexity index is 371. The van der Waals surface area contributed by atoms with Crippen molar-refractivity contribution >= 4 is 0 Å². The van der Waals surface area contributed by atoms with Gasteiger partial charge in [0.05, 0.1) is 11.2 Å². The standard InChI is InChI=1S/C10H12F3NO2/c1-9(2,16)8(15)6-5-14-4-3-7(6)10(11,12)13/h3-5,8,15-16H,1-2H3. The lowest BCUT2D eigenvalue weighted by molar-refractivity contribution is -0.141. The lowest BCUT2D eigenvalue weighted by atomic mass is 9.93. The summed E-state index contributed by atoms with van der Waals surface area (Å²) in [5, 5.41) is 19.1. The van der Waals surface area contributed by atoms with Crippen LogP contribution < -0.4 is 0 Å². The Labute approximate surface area is 90.6 Å². The quantitative estimate of drug-likeness (QED) is 0.823. The van der Waals surface area contributed by atoms with Crippen LogP contribution in [0, 0.1) is 0 Å². The highest BCUT2D eigenvalue weighted by Crippen LogP contribution is 2.36. The highest BCUT2D eigenvalue weighted by atomic mass is 19.4. The van der Waals surface area contributed by atoms with E-state index in [-0.39, 0.29) is 0 Å². The van der Waals surface area contributed by atoms with E-state index in [1.807, 2.05) is 0 Å². The first-order valence-corrected chi connectivity index (χ1v) is 4.55. The number of halogens is 3. The summed E-state index contributed by atoms with van der Waals surface area (Å²) in [7, 11) is 0. The predicted octanol–water partition coefficient (Wildman–Crippen LogP) is 1.90. The molecule has 1 unspecified atom stereocenters. The third-order valence-corrected chi connectivity index (χ3v) is 2.12. The molecular weight excluding hydrogens is 223 g/mol. The van der Waals surface area contributed by atoms with Crippen molar-refractivity contribution < 1.29 is 23.4 Å². The molecule has 0 saturated heterocycles. The van der Waals surface area contributed by atoms with E-state index in [1.54, 1.807) is 0 Å². The average molecular weight is 235 g/mol. The molecule has 0 aliphatic heterocycles. The summed E-state index contributed by atoms with van der Waals surface area (Å²) in [5.74, 6) is 0. The van der Waals surface area contributed by atoms with Gasteiger partial charge in [0.1, 0.15) is 6.10 Å². The number of aromatic nitrogens is 1. The second kappa shape index (κ2) is 4.03. The van der Waals surface area contributed by atoms with Gasteiger partial charge in [0.15, 0.2) is 0 Å². The van der Waals surface area contributed by atoms with E-state index in [0.29, 0.717) is 0 Å². The van der Waals surface area contributed by atoms with Gasteiger partial charge in [-0.05, 0) is 19.9 Å². The maximum absolute atomic E-state index is 12.6. The highest BCUT2D eigenvalue weighted by Gasteiger charge is 2.38. The van der Waals surface area contributed by atoms with E-state index in [2.05, 4.69) is 4.98 Å². The van der Waals surface area contributed by atoms with Crippen molar-refractivity contribution in [2.24, 2.45) is 0 Å². The second-order valence-electron chi connectivity index (χ2n) is 4.02. The fourth-order valence-corrected chi connectivity index (χ4v) is 1.26. The summed E-state index contributed by atoms with van der Waals surface area (Å²) in [4.78, 5) is 3.52. The summed E-state index contributed by atoms with van der Waals surface area (Å²) < 4.78 is 37.7. The summed E-state index contributed by atoms with van der Waals surface area (Å²) in [6, 6.07) is 0.768. The first kappa shape index (κ1) is 12.9. The smallest absolute Gasteiger partial charge is 0.387 e. The van der Waals surface area contributed by atoms with Crippen molar-refractivity contribution in [3.05, 3.63) is 29.6 Å². The van der Waals surface area contributed by atoms with Gasteiger partial charge < -0.3 is 10.2 Å². The van der Waals surface area contributed by atoms with Crippen LogP contribution in [0.1, 0.15) is 31.1 Å². The zero-order chi connectivity index (χ0) is 12.6. The van der Waals surface area contributed by atoms with Crippen LogP contribution in [0.4, 0.5) is 13.2 Å². The Kier molecular flexibility index (Phi) is 3.25. The molecule has 16 heavy (non-hydrogen) atoms. The van der Waals surface area contributed by atoms with Crippen LogP contribution in [-0.4, -0.2) is 20.8 Å². The zero-order valence-corrected chi connectivity index (χ0v) is 8.78. The normalized spacial score (nSPS) is 14.9. The van der Waals surface area contributed by atoms with Crippen molar-refractivity contribution in [1.82, 2.24) is 4.98 Å². The molecule has 2 N–H and O–H groups in total. The number of hydrogen-bond donors (Lipinski definition) is 2. The molecule has 90 valence electrons. The SMILES string of the molecule is CC(C)(O)C(O)c1cnccc1C(F)(F)F. The number of alkyl halides is 3. The van der Waals surface area contributed by atoms with Gasteiger partial charge in [0.2, 0.25) is 0 Å². The van der Waals surface area contributed by atoms with Crippen LogP contribution in [-0.2, 0) is 6.18 Å². The van der Waals surface area contributed by atoms with Gasteiger partial charge in [0, 0.05) is 18.0 Å². The number of rotatable bonds is 2. The molecule has 0 fully saturated rings. The summed E-state index contributed by atoms with van der Waals surface area (Å²) in [5.41, 5.74) is -3.08. The van der Waals surface area contributed by atoms with E-state index in [4.69, 9.17) is 0 Å². The van der Waals surface area contributed by atoms with Crippen molar-refractivity contribution in [2.75, 3.05) is 0 Å². The largest absolute Gasteiger partial charge is 0.416 e. The summed E-state index contributed by atoms with van der Waals surface area (Å²) >= 11 is 0. The van der Waals surface area contributed by atoms with E-state index in [1.165, 1.54) is 13.8 Å². The monoisotopic (exact) mass is 235 g/mol. The van der Waals surface area contributed by atoms with Crippen molar-refractivity contribution in [2.45, 2.75) is 31.7 Å². The first-order valence-electron chi connectivity index (χ1n) is 4.55. The molecule has 0 bridgehead atoms. The topological polar surface area (TPSA) is 53.4 Å². The number of nitrogens with zero attached hydrogens (tertiary/aromatic N) is 1. The molecule has 3 nitrogen and oxygen atoms in total. The Balaban J connectivity index is 3.25. The third kappa shape index (κ3) is 2.70. The Morgan fingerprint density at radius 1 is 1.31 bits per heavy atom. The van der Waals surface area contributed by atoms with E-state index in [9.17, 15) is 23.4 Å². The van der Waals surface area contributed by atoms with E-state index < -0.39 is 29.0 Å². The molecule has 0 saturated carbocycles. The zero-order valence-electron chi connectivity index (χ0n) is 8.78. The Morgan fingerprint density at radius 3 is 2.31 bits per heavy atom. The first-order chi connectivity index (χ1) is 7.14. The molecule has 1 aromatic rings. The molecule has 6 heteroatoms. The number of hydrogen-bond acceptors (Lipinski definition) is 3. The van der Waals surface area contributed by atoms with Crippen LogP contribution in [0.3, 0.4) is 0 Å². The van der Waals surface area contributed by atoms with Gasteiger partial charge >= 0.3 is 6.18 Å². The molecule has 0 amide bonds. The van der Waals surface area contributed by atoms with Gasteiger partial charge in [-0.2, -0.15) is 13.2 Å². The predicted molar refractivity (Wildman–Crippen MR) is 50.5 cm³/mol. The molecular formula is C10H12F3NO2. The number of pyridine rings is 1. The van der Waals surface area contributed by atoms with E-state index in [0.717, 1.165) is 18.5 Å². The maximum atomic E-state index is 12.6. The number of aliphatic hydroxyl groups excluding tert-OH is 1. The fourth-order valence-electron chi connectivity index (χ4n) is 1.26. The lowest BCUT2D eigenvalue weighted by Gasteiger charge is -2.26. The van der Waals surface area contributed by atoms with Gasteiger partial charge in [0.25, 0.3) is 0 Å². The highest BCUT2D eigenvalue weighted by molar-refractivity contribution is 5.29. The van der Waals surface area contributed by atoms with Crippen LogP contribution in [0.25, 0.3) is 0 Å². The van der Waals surface area contributed by atoms with Crippen LogP contribution in [0.2, 0.25) is 0 Å². The second-order valence-corrected chi connectivity index (χ2v) is 4.02. The minimum absolute atomic E-state index is 0.428. The van der Waals surface area contributed by atoms with Gasteiger partial charge in [-0.3, -0.25) is 4.98 Å². The molecule has 0 spiro atoms. The fraction of sp³-hybridized carbons (Fsp3) is 0.500. The Morgan fingerprint density at radius 2 is 1.88 bits per heavy atom. The lowest BCUT2D eigenvalue weighted by Crippen LogP contribution is -2.30. The van der Waals surface area contributed by atoms with Gasteiger partial charge in [-0.1, -0.05) is 0 Å². The van der Waals surface area contributed by atoms with Gasteiger partial charge in [-0.15, -0.1) is 0 Å². The third-order valence-electron chi connectivity index (χ3n) is 2.12. The molecule has 0 radical (unpaired) electrons.